The molecule has 3 rings (SSSR count). The van der Waals surface area contributed by atoms with Crippen molar-refractivity contribution in [3.63, 3.8) is 0 Å². The molecule has 0 saturated carbocycles. The highest BCUT2D eigenvalue weighted by atomic mass is 16.3. The number of hydrogen-bond acceptors (Lipinski definition) is 4. The Labute approximate surface area is 114 Å². The molecule has 0 radical (unpaired) electrons. The average Bonchev–Trinajstić information content (AvgIpc) is 2.89. The molecule has 0 aromatic heterocycles. The fourth-order valence-electron chi connectivity index (χ4n) is 3.64. The molecule has 104 valence electrons. The van der Waals surface area contributed by atoms with Crippen LogP contribution in [0.2, 0.25) is 0 Å². The lowest BCUT2D eigenvalue weighted by molar-refractivity contribution is 0.0835. The fourth-order valence-corrected chi connectivity index (χ4v) is 3.64. The number of phenols is 2. The molecular formula is C15H22N2O2. The van der Waals surface area contributed by atoms with E-state index in [-0.39, 0.29) is 17.5 Å². The van der Waals surface area contributed by atoms with E-state index >= 15 is 0 Å². The molecule has 1 aromatic carbocycles. The minimum Gasteiger partial charge on any atom is -0.508 e. The quantitative estimate of drug-likeness (QED) is 0.712. The van der Waals surface area contributed by atoms with Crippen molar-refractivity contribution in [1.29, 1.82) is 0 Å². The third kappa shape index (κ3) is 2.30. The summed E-state index contributed by atoms with van der Waals surface area (Å²) in [4.78, 5) is 2.47. The Balaban J connectivity index is 1.86. The van der Waals surface area contributed by atoms with E-state index in [9.17, 15) is 10.2 Å². The number of nitrogens with zero attached hydrogens (tertiary/aromatic N) is 1. The number of benzene rings is 1. The lowest BCUT2D eigenvalue weighted by atomic mass is 9.89. The number of fused-ring (bicyclic) bond motifs is 1. The number of aromatic hydroxyl groups is 2. The van der Waals surface area contributed by atoms with Crippen molar-refractivity contribution < 1.29 is 10.2 Å². The van der Waals surface area contributed by atoms with Crippen LogP contribution in [-0.4, -0.2) is 40.8 Å². The van der Waals surface area contributed by atoms with Gasteiger partial charge in [0.15, 0.2) is 0 Å². The Bertz CT molecular complexity index is 463. The Kier molecular flexibility index (Phi) is 3.37. The third-order valence-electron chi connectivity index (χ3n) is 4.68. The van der Waals surface area contributed by atoms with Gasteiger partial charge in [-0.25, -0.2) is 0 Å². The van der Waals surface area contributed by atoms with Crippen LogP contribution in [0, 0.1) is 5.92 Å². The van der Waals surface area contributed by atoms with Crippen molar-refractivity contribution in [1.82, 2.24) is 10.2 Å². The van der Waals surface area contributed by atoms with E-state index in [1.54, 1.807) is 12.1 Å². The number of hydrogen-bond donors (Lipinski definition) is 3. The van der Waals surface area contributed by atoms with Gasteiger partial charge in [0.1, 0.15) is 11.5 Å². The van der Waals surface area contributed by atoms with Gasteiger partial charge in [0.25, 0.3) is 0 Å². The van der Waals surface area contributed by atoms with Gasteiger partial charge in [-0.1, -0.05) is 0 Å². The first-order valence-corrected chi connectivity index (χ1v) is 7.15. The summed E-state index contributed by atoms with van der Waals surface area (Å²) in [6, 6.07) is 5.49. The molecule has 0 aliphatic carbocycles. The molecule has 3 unspecified atom stereocenters. The maximum absolute atomic E-state index is 10.0. The van der Waals surface area contributed by atoms with E-state index in [0.29, 0.717) is 6.04 Å². The molecule has 0 amide bonds. The summed E-state index contributed by atoms with van der Waals surface area (Å²) in [5.41, 5.74) is 0.826. The molecule has 2 fully saturated rings. The summed E-state index contributed by atoms with van der Waals surface area (Å²) < 4.78 is 0. The Morgan fingerprint density at radius 1 is 1.32 bits per heavy atom. The zero-order valence-corrected chi connectivity index (χ0v) is 11.3. The first kappa shape index (κ1) is 12.8. The third-order valence-corrected chi connectivity index (χ3v) is 4.68. The lowest BCUT2D eigenvalue weighted by Gasteiger charge is -2.41. The summed E-state index contributed by atoms with van der Waals surface area (Å²) >= 11 is 0. The number of likely N-dealkylation sites (tertiary alicyclic amines) is 1. The SMILES string of the molecule is CC(c1cc(O)ccc1O)N1CCCC2CNCC21. The monoisotopic (exact) mass is 262 g/mol. The van der Waals surface area contributed by atoms with Gasteiger partial charge in [0.05, 0.1) is 0 Å². The van der Waals surface area contributed by atoms with Gasteiger partial charge in [0.2, 0.25) is 0 Å². The summed E-state index contributed by atoms with van der Waals surface area (Å²) in [7, 11) is 0. The molecule has 2 aliphatic rings. The van der Waals surface area contributed by atoms with Crippen LogP contribution in [-0.2, 0) is 0 Å². The van der Waals surface area contributed by atoms with Crippen molar-refractivity contribution in [3.8, 4) is 11.5 Å². The molecule has 4 nitrogen and oxygen atoms in total. The van der Waals surface area contributed by atoms with E-state index in [1.165, 1.54) is 18.9 Å². The zero-order valence-electron chi connectivity index (χ0n) is 11.3. The number of rotatable bonds is 2. The summed E-state index contributed by atoms with van der Waals surface area (Å²) in [5, 5.41) is 23.1. The maximum Gasteiger partial charge on any atom is 0.120 e. The number of piperidine rings is 1. The van der Waals surface area contributed by atoms with Crippen LogP contribution in [0.5, 0.6) is 11.5 Å². The van der Waals surface area contributed by atoms with Crippen molar-refractivity contribution in [3.05, 3.63) is 23.8 Å². The second kappa shape index (κ2) is 5.02. The van der Waals surface area contributed by atoms with Crippen LogP contribution >= 0.6 is 0 Å². The minimum absolute atomic E-state index is 0.139. The van der Waals surface area contributed by atoms with Gasteiger partial charge >= 0.3 is 0 Å². The van der Waals surface area contributed by atoms with Crippen LogP contribution in [0.1, 0.15) is 31.4 Å². The largest absolute Gasteiger partial charge is 0.508 e. The predicted octanol–water partition coefficient (Wildman–Crippen LogP) is 1.84. The standard InChI is InChI=1S/C15H22N2O2/c1-10(13-7-12(18)4-5-15(13)19)17-6-2-3-11-8-16-9-14(11)17/h4-5,7,10-11,14,16,18-19H,2-3,6,8-9H2,1H3. The van der Waals surface area contributed by atoms with Gasteiger partial charge in [-0.15, -0.1) is 0 Å². The summed E-state index contributed by atoms with van der Waals surface area (Å²) in [6.07, 6.45) is 2.51. The van der Waals surface area contributed by atoms with E-state index in [1.807, 2.05) is 0 Å². The number of nitrogens with one attached hydrogen (secondary N) is 1. The van der Waals surface area contributed by atoms with Crippen molar-refractivity contribution in [2.45, 2.75) is 31.8 Å². The van der Waals surface area contributed by atoms with Crippen LogP contribution in [0.15, 0.2) is 18.2 Å². The molecule has 4 heteroatoms. The highest BCUT2D eigenvalue weighted by Gasteiger charge is 2.37. The topological polar surface area (TPSA) is 55.7 Å². The van der Waals surface area contributed by atoms with Crippen molar-refractivity contribution >= 4 is 0 Å². The van der Waals surface area contributed by atoms with Gasteiger partial charge in [-0.2, -0.15) is 0 Å². The molecule has 0 bridgehead atoms. The Morgan fingerprint density at radius 3 is 3.00 bits per heavy atom. The smallest absolute Gasteiger partial charge is 0.120 e. The predicted molar refractivity (Wildman–Crippen MR) is 74.3 cm³/mol. The summed E-state index contributed by atoms with van der Waals surface area (Å²) in [6.45, 7) is 5.34. The minimum atomic E-state index is 0.139. The molecular weight excluding hydrogens is 240 g/mol. The molecule has 2 aliphatic heterocycles. The molecule has 19 heavy (non-hydrogen) atoms. The normalized spacial score (nSPS) is 29.1. The molecule has 2 saturated heterocycles. The lowest BCUT2D eigenvalue weighted by Crippen LogP contribution is -2.46. The van der Waals surface area contributed by atoms with Gasteiger partial charge in [-0.05, 0) is 57.0 Å². The highest BCUT2D eigenvalue weighted by Crippen LogP contribution is 2.37. The zero-order chi connectivity index (χ0) is 13.4. The first-order valence-electron chi connectivity index (χ1n) is 7.15. The second-order valence-corrected chi connectivity index (χ2v) is 5.78. The van der Waals surface area contributed by atoms with Gasteiger partial charge in [0, 0.05) is 24.2 Å². The van der Waals surface area contributed by atoms with E-state index in [2.05, 4.69) is 17.1 Å². The van der Waals surface area contributed by atoms with E-state index in [4.69, 9.17) is 0 Å². The molecule has 0 spiro atoms. The Morgan fingerprint density at radius 2 is 2.16 bits per heavy atom. The first-order chi connectivity index (χ1) is 9.16. The van der Waals surface area contributed by atoms with Crippen molar-refractivity contribution in [2.24, 2.45) is 5.92 Å². The van der Waals surface area contributed by atoms with Gasteiger partial charge in [-0.3, -0.25) is 4.90 Å². The van der Waals surface area contributed by atoms with Crippen LogP contribution in [0.25, 0.3) is 0 Å². The van der Waals surface area contributed by atoms with Crippen LogP contribution < -0.4 is 5.32 Å². The van der Waals surface area contributed by atoms with Crippen LogP contribution in [0.4, 0.5) is 0 Å². The molecule has 2 heterocycles. The molecule has 3 atom stereocenters. The molecule has 1 aromatic rings. The number of phenolic OH excluding ortho intramolecular Hbond substituents is 2. The summed E-state index contributed by atoms with van der Waals surface area (Å²) in [5.74, 6) is 1.23. The van der Waals surface area contributed by atoms with Crippen LogP contribution in [0.3, 0.4) is 0 Å². The average molecular weight is 262 g/mol. The molecule has 3 N–H and O–H groups in total. The van der Waals surface area contributed by atoms with Crippen molar-refractivity contribution in [2.75, 3.05) is 19.6 Å². The highest BCUT2D eigenvalue weighted by molar-refractivity contribution is 5.40. The maximum atomic E-state index is 10.0. The Hall–Kier alpha value is -1.26. The second-order valence-electron chi connectivity index (χ2n) is 5.78. The van der Waals surface area contributed by atoms with E-state index in [0.717, 1.165) is 31.1 Å². The van der Waals surface area contributed by atoms with E-state index < -0.39 is 0 Å². The fraction of sp³-hybridized carbons (Fsp3) is 0.600. The van der Waals surface area contributed by atoms with Gasteiger partial charge < -0.3 is 15.5 Å².